The quantitative estimate of drug-likeness (QED) is 0.698. The molecule has 0 spiro atoms. The Kier molecular flexibility index (Phi) is 5.92. The third-order valence-electron chi connectivity index (χ3n) is 3.32. The molecule has 2 atom stereocenters. The summed E-state index contributed by atoms with van der Waals surface area (Å²) in [5.41, 5.74) is 0.312. The number of aromatic carboxylic acids is 1. The van der Waals surface area contributed by atoms with Crippen LogP contribution >= 0.6 is 15.9 Å². The lowest BCUT2D eigenvalue weighted by Crippen LogP contribution is -2.38. The molecule has 0 amide bonds. The predicted octanol–water partition coefficient (Wildman–Crippen LogP) is 1.75. The van der Waals surface area contributed by atoms with Crippen molar-refractivity contribution in [2.24, 2.45) is 5.92 Å². The fourth-order valence-corrected chi connectivity index (χ4v) is 3.87. The Balaban J connectivity index is 3.28. The van der Waals surface area contributed by atoms with Crippen molar-refractivity contribution in [1.29, 1.82) is 0 Å². The Morgan fingerprint density at radius 2 is 1.95 bits per heavy atom. The van der Waals surface area contributed by atoms with Crippen molar-refractivity contribution < 1.29 is 23.4 Å². The first kappa shape index (κ1) is 18.1. The molecule has 1 aromatic carbocycles. The van der Waals surface area contributed by atoms with E-state index in [0.29, 0.717) is 10.0 Å². The standard InChI is InChI=1S/C13H18BrNO5S/c1-7(6-16)9(3)15-21(19,20)12-5-10(13(17)18)4-11(14)8(12)2/h4-5,7,9,15-16H,6H2,1-3H3,(H,17,18). The van der Waals surface area contributed by atoms with Gasteiger partial charge in [-0.25, -0.2) is 17.9 Å². The lowest BCUT2D eigenvalue weighted by Gasteiger charge is -2.20. The highest BCUT2D eigenvalue weighted by molar-refractivity contribution is 9.10. The smallest absolute Gasteiger partial charge is 0.335 e. The van der Waals surface area contributed by atoms with Crippen LogP contribution in [0.4, 0.5) is 0 Å². The molecule has 0 aliphatic rings. The van der Waals surface area contributed by atoms with Gasteiger partial charge in [0.15, 0.2) is 0 Å². The van der Waals surface area contributed by atoms with Gasteiger partial charge in [-0.15, -0.1) is 0 Å². The van der Waals surface area contributed by atoms with Gasteiger partial charge in [0.05, 0.1) is 10.5 Å². The highest BCUT2D eigenvalue weighted by Gasteiger charge is 2.24. The number of benzene rings is 1. The molecule has 118 valence electrons. The molecule has 3 N–H and O–H groups in total. The molecule has 1 aromatic rings. The summed E-state index contributed by atoms with van der Waals surface area (Å²) < 4.78 is 27.7. The average Bonchev–Trinajstić information content (AvgIpc) is 2.39. The largest absolute Gasteiger partial charge is 0.478 e. The van der Waals surface area contributed by atoms with Crippen molar-refractivity contribution in [2.75, 3.05) is 6.61 Å². The Bertz CT molecular complexity index is 644. The summed E-state index contributed by atoms with van der Waals surface area (Å²) >= 11 is 3.17. The Morgan fingerprint density at radius 1 is 1.38 bits per heavy atom. The Labute approximate surface area is 132 Å². The maximum atomic E-state index is 12.4. The van der Waals surface area contributed by atoms with Crippen LogP contribution in [0.1, 0.15) is 29.8 Å². The van der Waals surface area contributed by atoms with Gasteiger partial charge in [-0.05, 0) is 37.5 Å². The first-order valence-corrected chi connectivity index (χ1v) is 8.54. The third kappa shape index (κ3) is 4.26. The van der Waals surface area contributed by atoms with Crippen molar-refractivity contribution in [3.8, 4) is 0 Å². The number of carboxylic acids is 1. The number of carboxylic acid groups (broad SMARTS) is 1. The molecule has 8 heteroatoms. The molecule has 0 bridgehead atoms. The number of aliphatic hydroxyl groups excluding tert-OH is 1. The maximum absolute atomic E-state index is 12.4. The number of hydrogen-bond donors (Lipinski definition) is 3. The van der Waals surface area contributed by atoms with E-state index < -0.39 is 22.0 Å². The summed E-state index contributed by atoms with van der Waals surface area (Å²) in [4.78, 5) is 11.0. The van der Waals surface area contributed by atoms with Gasteiger partial charge in [-0.1, -0.05) is 22.9 Å². The summed E-state index contributed by atoms with van der Waals surface area (Å²) in [5, 5.41) is 18.1. The highest BCUT2D eigenvalue weighted by Crippen LogP contribution is 2.26. The minimum absolute atomic E-state index is 0.0914. The van der Waals surface area contributed by atoms with E-state index >= 15 is 0 Å². The third-order valence-corrected chi connectivity index (χ3v) is 5.82. The zero-order chi connectivity index (χ0) is 16.4. The molecule has 0 fully saturated rings. The van der Waals surface area contributed by atoms with Crippen LogP contribution in [0.5, 0.6) is 0 Å². The van der Waals surface area contributed by atoms with Crippen LogP contribution in [-0.4, -0.2) is 37.2 Å². The average molecular weight is 380 g/mol. The summed E-state index contributed by atoms with van der Waals surface area (Å²) in [7, 11) is -3.88. The van der Waals surface area contributed by atoms with Crippen LogP contribution in [0.25, 0.3) is 0 Å². The first-order valence-electron chi connectivity index (χ1n) is 6.26. The van der Waals surface area contributed by atoms with E-state index in [-0.39, 0.29) is 23.0 Å². The molecule has 0 aliphatic carbocycles. The van der Waals surface area contributed by atoms with Crippen LogP contribution in [-0.2, 0) is 10.0 Å². The van der Waals surface area contributed by atoms with Crippen molar-refractivity contribution in [1.82, 2.24) is 4.72 Å². The molecule has 0 heterocycles. The van der Waals surface area contributed by atoms with E-state index in [1.165, 1.54) is 6.07 Å². The number of hydrogen-bond acceptors (Lipinski definition) is 4. The monoisotopic (exact) mass is 379 g/mol. The highest BCUT2D eigenvalue weighted by atomic mass is 79.9. The molecule has 0 radical (unpaired) electrons. The summed E-state index contributed by atoms with van der Waals surface area (Å²) in [6.45, 7) is 4.79. The second-order valence-corrected chi connectivity index (χ2v) is 7.49. The molecule has 0 aromatic heterocycles. The van der Waals surface area contributed by atoms with Gasteiger partial charge in [0.25, 0.3) is 0 Å². The minimum Gasteiger partial charge on any atom is -0.478 e. The molecule has 0 saturated carbocycles. The SMILES string of the molecule is Cc1c(Br)cc(C(=O)O)cc1S(=O)(=O)NC(C)C(C)CO. The van der Waals surface area contributed by atoms with Gasteiger partial charge in [0.2, 0.25) is 10.0 Å². The number of nitrogens with one attached hydrogen (secondary N) is 1. The molecule has 2 unspecified atom stereocenters. The molecular formula is C13H18BrNO5S. The van der Waals surface area contributed by atoms with Gasteiger partial charge in [0.1, 0.15) is 0 Å². The van der Waals surface area contributed by atoms with E-state index in [4.69, 9.17) is 10.2 Å². The summed E-state index contributed by atoms with van der Waals surface area (Å²) in [6.07, 6.45) is 0. The van der Waals surface area contributed by atoms with E-state index in [0.717, 1.165) is 6.07 Å². The topological polar surface area (TPSA) is 104 Å². The number of sulfonamides is 1. The van der Waals surface area contributed by atoms with Crippen molar-refractivity contribution in [3.63, 3.8) is 0 Å². The van der Waals surface area contributed by atoms with Crippen LogP contribution in [0, 0.1) is 12.8 Å². The normalized spacial score (nSPS) is 14.7. The Morgan fingerprint density at radius 3 is 2.43 bits per heavy atom. The molecule has 21 heavy (non-hydrogen) atoms. The van der Waals surface area contributed by atoms with E-state index in [1.54, 1.807) is 20.8 Å². The lowest BCUT2D eigenvalue weighted by molar-refractivity contribution is 0.0696. The maximum Gasteiger partial charge on any atom is 0.335 e. The second kappa shape index (κ2) is 6.87. The van der Waals surface area contributed by atoms with Crippen LogP contribution in [0.2, 0.25) is 0 Å². The number of rotatable bonds is 6. The van der Waals surface area contributed by atoms with Gasteiger partial charge in [0, 0.05) is 17.1 Å². The van der Waals surface area contributed by atoms with Crippen LogP contribution < -0.4 is 4.72 Å². The number of aliphatic hydroxyl groups is 1. The molecule has 1 rings (SSSR count). The van der Waals surface area contributed by atoms with Crippen molar-refractivity contribution in [3.05, 3.63) is 27.7 Å². The zero-order valence-corrected chi connectivity index (χ0v) is 14.3. The number of carbonyl (C=O) groups is 1. The van der Waals surface area contributed by atoms with E-state index in [2.05, 4.69) is 20.7 Å². The fourth-order valence-electron chi connectivity index (χ4n) is 1.64. The predicted molar refractivity (Wildman–Crippen MR) is 81.9 cm³/mol. The summed E-state index contributed by atoms with van der Waals surface area (Å²) in [6, 6.07) is 2.00. The van der Waals surface area contributed by atoms with Crippen molar-refractivity contribution in [2.45, 2.75) is 31.7 Å². The number of halogens is 1. The van der Waals surface area contributed by atoms with Gasteiger partial charge >= 0.3 is 5.97 Å². The summed E-state index contributed by atoms with van der Waals surface area (Å²) in [5.74, 6) is -1.46. The molecule has 6 nitrogen and oxygen atoms in total. The van der Waals surface area contributed by atoms with E-state index in [9.17, 15) is 13.2 Å². The second-order valence-electron chi connectivity index (χ2n) is 4.96. The van der Waals surface area contributed by atoms with Crippen LogP contribution in [0.3, 0.4) is 0 Å². The van der Waals surface area contributed by atoms with Gasteiger partial charge < -0.3 is 10.2 Å². The fraction of sp³-hybridized carbons (Fsp3) is 0.462. The van der Waals surface area contributed by atoms with Gasteiger partial charge in [-0.3, -0.25) is 0 Å². The molecule has 0 saturated heterocycles. The van der Waals surface area contributed by atoms with E-state index in [1.807, 2.05) is 0 Å². The molecular weight excluding hydrogens is 362 g/mol. The molecule has 0 aliphatic heterocycles. The van der Waals surface area contributed by atoms with Crippen LogP contribution in [0.15, 0.2) is 21.5 Å². The minimum atomic E-state index is -3.88. The van der Waals surface area contributed by atoms with Crippen molar-refractivity contribution >= 4 is 31.9 Å². The Hall–Kier alpha value is -0.960. The zero-order valence-electron chi connectivity index (χ0n) is 11.9. The van der Waals surface area contributed by atoms with Gasteiger partial charge in [-0.2, -0.15) is 0 Å². The lowest BCUT2D eigenvalue weighted by atomic mass is 10.1. The first-order chi connectivity index (χ1) is 9.60.